The molecule has 0 fully saturated rings. The number of rotatable bonds is 5. The Morgan fingerprint density at radius 2 is 1.69 bits per heavy atom. The fourth-order valence-electron chi connectivity index (χ4n) is 2.72. The number of hydrogen-bond donors (Lipinski definition) is 1. The van der Waals surface area contributed by atoms with Gasteiger partial charge in [-0.25, -0.2) is 13.4 Å². The Kier molecular flexibility index (Phi) is 6.80. The number of halogens is 4. The van der Waals surface area contributed by atoms with Crippen molar-refractivity contribution in [3.05, 3.63) is 74.2 Å². The molecule has 32 heavy (non-hydrogen) atoms. The van der Waals surface area contributed by atoms with Gasteiger partial charge < -0.3 is 0 Å². The third-order valence-corrected chi connectivity index (χ3v) is 9.26. The van der Waals surface area contributed by atoms with Crippen molar-refractivity contribution in [2.45, 2.75) is 14.1 Å². The molecule has 0 saturated heterocycles. The van der Waals surface area contributed by atoms with Crippen LogP contribution in [0.3, 0.4) is 0 Å². The zero-order valence-corrected chi connectivity index (χ0v) is 21.0. The molecule has 1 N–H and O–H groups in total. The van der Waals surface area contributed by atoms with Gasteiger partial charge in [-0.3, -0.25) is 4.72 Å². The third-order valence-electron chi connectivity index (χ3n) is 4.12. The van der Waals surface area contributed by atoms with E-state index in [1.807, 2.05) is 0 Å². The molecule has 4 rings (SSSR count). The first-order valence-electron chi connectivity index (χ1n) is 8.62. The number of hydrogen-bond acceptors (Lipinski definition) is 6. The maximum atomic E-state index is 12.7. The molecule has 0 aliphatic heterocycles. The summed E-state index contributed by atoms with van der Waals surface area (Å²) in [5.41, 5.74) is 1.48. The highest BCUT2D eigenvalue weighted by Crippen LogP contribution is 2.43. The number of aromatic nitrogens is 1. The Labute approximate surface area is 211 Å². The SMILES string of the molecule is N#Cc1ccc2nc(Sc3c(Cl)cc(NS(=O)(=O)c4ccc(Cl)cc4Cl)cc3Cl)sc2c1. The van der Waals surface area contributed by atoms with Crippen LogP contribution in [0.4, 0.5) is 5.69 Å². The summed E-state index contributed by atoms with van der Waals surface area (Å²) in [5, 5.41) is 9.86. The van der Waals surface area contributed by atoms with Crippen LogP contribution in [0.2, 0.25) is 20.1 Å². The quantitative estimate of drug-likeness (QED) is 0.270. The van der Waals surface area contributed by atoms with Crippen LogP contribution in [-0.4, -0.2) is 13.4 Å². The van der Waals surface area contributed by atoms with E-state index in [9.17, 15) is 8.42 Å². The van der Waals surface area contributed by atoms with E-state index in [0.717, 1.165) is 10.2 Å². The van der Waals surface area contributed by atoms with Gasteiger partial charge in [0, 0.05) is 5.02 Å². The average Bonchev–Trinajstić information content (AvgIpc) is 3.11. The van der Waals surface area contributed by atoms with Crippen molar-refractivity contribution in [2.75, 3.05) is 4.72 Å². The number of nitrogens with zero attached hydrogens (tertiary/aromatic N) is 2. The largest absolute Gasteiger partial charge is 0.279 e. The zero-order valence-electron chi connectivity index (χ0n) is 15.6. The van der Waals surface area contributed by atoms with Gasteiger partial charge in [-0.1, -0.05) is 58.2 Å². The summed E-state index contributed by atoms with van der Waals surface area (Å²) in [6.45, 7) is 0. The molecular weight excluding hydrogens is 552 g/mol. The van der Waals surface area contributed by atoms with Crippen molar-refractivity contribution >= 4 is 95.4 Å². The molecule has 0 radical (unpaired) electrons. The molecule has 0 bridgehead atoms. The maximum absolute atomic E-state index is 12.7. The third kappa shape index (κ3) is 4.95. The topological polar surface area (TPSA) is 82.8 Å². The lowest BCUT2D eigenvalue weighted by Gasteiger charge is -2.12. The Balaban J connectivity index is 1.61. The van der Waals surface area contributed by atoms with Gasteiger partial charge in [-0.2, -0.15) is 5.26 Å². The number of nitrogens with one attached hydrogen (secondary N) is 1. The summed E-state index contributed by atoms with van der Waals surface area (Å²) >= 11 is 27.3. The van der Waals surface area contributed by atoms with Gasteiger partial charge in [0.1, 0.15) is 4.90 Å². The van der Waals surface area contributed by atoms with E-state index in [0.29, 0.717) is 19.8 Å². The molecule has 4 aromatic rings. The molecule has 0 atom stereocenters. The van der Waals surface area contributed by atoms with E-state index in [4.69, 9.17) is 51.7 Å². The van der Waals surface area contributed by atoms with Crippen LogP contribution in [0.15, 0.2) is 62.7 Å². The minimum absolute atomic E-state index is 0.00948. The van der Waals surface area contributed by atoms with Gasteiger partial charge in [-0.05, 0) is 48.5 Å². The highest BCUT2D eigenvalue weighted by molar-refractivity contribution is 8.01. The van der Waals surface area contributed by atoms with Gasteiger partial charge >= 0.3 is 0 Å². The first-order valence-corrected chi connectivity index (χ1v) is 13.2. The smallest absolute Gasteiger partial charge is 0.263 e. The second kappa shape index (κ2) is 9.27. The molecule has 0 aliphatic rings. The lowest BCUT2D eigenvalue weighted by molar-refractivity contribution is 0.601. The molecule has 0 unspecified atom stereocenters. The van der Waals surface area contributed by atoms with Crippen LogP contribution in [0.5, 0.6) is 0 Å². The van der Waals surface area contributed by atoms with Gasteiger partial charge in [0.2, 0.25) is 0 Å². The van der Waals surface area contributed by atoms with Gasteiger partial charge in [0.05, 0.1) is 47.5 Å². The second-order valence-electron chi connectivity index (χ2n) is 6.33. The standard InChI is InChI=1S/C20H9Cl4N3O2S3/c21-11-2-4-18(13(22)6-11)32(28,29)27-12-7-14(23)19(15(24)8-12)31-20-26-16-3-1-10(9-25)5-17(16)30-20/h1-8,27H. The monoisotopic (exact) mass is 559 g/mol. The van der Waals surface area contributed by atoms with Crippen molar-refractivity contribution in [2.24, 2.45) is 0 Å². The first kappa shape index (κ1) is 23.5. The number of anilines is 1. The van der Waals surface area contributed by atoms with Crippen LogP contribution < -0.4 is 4.72 Å². The normalized spacial score (nSPS) is 11.5. The molecule has 12 heteroatoms. The molecule has 5 nitrogen and oxygen atoms in total. The lowest BCUT2D eigenvalue weighted by atomic mass is 10.2. The predicted octanol–water partition coefficient (Wildman–Crippen LogP) is 7.73. The molecule has 1 aromatic heterocycles. The van der Waals surface area contributed by atoms with Crippen molar-refractivity contribution in [1.29, 1.82) is 5.26 Å². The van der Waals surface area contributed by atoms with E-state index in [1.54, 1.807) is 18.2 Å². The second-order valence-corrected chi connectivity index (χ2v) is 11.9. The van der Waals surface area contributed by atoms with E-state index < -0.39 is 10.0 Å². The molecule has 162 valence electrons. The van der Waals surface area contributed by atoms with E-state index in [1.165, 1.54) is 53.4 Å². The Morgan fingerprint density at radius 1 is 0.969 bits per heavy atom. The van der Waals surface area contributed by atoms with Crippen molar-refractivity contribution in [1.82, 2.24) is 4.98 Å². The Morgan fingerprint density at radius 3 is 2.34 bits per heavy atom. The summed E-state index contributed by atoms with van der Waals surface area (Å²) < 4.78 is 29.4. The van der Waals surface area contributed by atoms with Gasteiger partial charge in [0.25, 0.3) is 10.0 Å². The number of thiazole rings is 1. The maximum Gasteiger partial charge on any atom is 0.263 e. The van der Waals surface area contributed by atoms with Crippen molar-refractivity contribution < 1.29 is 8.42 Å². The van der Waals surface area contributed by atoms with Crippen LogP contribution in [0.1, 0.15) is 5.56 Å². The van der Waals surface area contributed by atoms with Gasteiger partial charge in [-0.15, -0.1) is 11.3 Å². The first-order chi connectivity index (χ1) is 15.2. The van der Waals surface area contributed by atoms with E-state index in [-0.39, 0.29) is 25.7 Å². The summed E-state index contributed by atoms with van der Waals surface area (Å²) in [6, 6.07) is 14.3. The summed E-state index contributed by atoms with van der Waals surface area (Å²) in [7, 11) is -3.99. The van der Waals surface area contributed by atoms with Crippen LogP contribution >= 0.6 is 69.5 Å². The molecule has 3 aromatic carbocycles. The molecule has 0 amide bonds. The number of benzene rings is 3. The Hall–Kier alpha value is -1.70. The van der Waals surface area contributed by atoms with Crippen molar-refractivity contribution in [3.63, 3.8) is 0 Å². The Bertz CT molecular complexity index is 1490. The predicted molar refractivity (Wildman–Crippen MR) is 132 cm³/mol. The highest BCUT2D eigenvalue weighted by Gasteiger charge is 2.20. The zero-order chi connectivity index (χ0) is 23.0. The van der Waals surface area contributed by atoms with Crippen LogP contribution in [0, 0.1) is 11.3 Å². The number of nitriles is 1. The fourth-order valence-corrected chi connectivity index (χ4v) is 7.31. The minimum Gasteiger partial charge on any atom is -0.279 e. The lowest BCUT2D eigenvalue weighted by Crippen LogP contribution is -2.13. The van der Waals surface area contributed by atoms with Gasteiger partial charge in [0.15, 0.2) is 4.34 Å². The summed E-state index contributed by atoms with van der Waals surface area (Å²) in [4.78, 5) is 4.93. The summed E-state index contributed by atoms with van der Waals surface area (Å²) in [6.07, 6.45) is 0. The number of fused-ring (bicyclic) bond motifs is 1. The molecular formula is C20H9Cl4N3O2S3. The van der Waals surface area contributed by atoms with E-state index in [2.05, 4.69) is 15.8 Å². The molecule has 1 heterocycles. The molecule has 0 saturated carbocycles. The van der Waals surface area contributed by atoms with Crippen LogP contribution in [-0.2, 0) is 10.0 Å². The average molecular weight is 561 g/mol. The van der Waals surface area contributed by atoms with E-state index >= 15 is 0 Å². The van der Waals surface area contributed by atoms with Crippen LogP contribution in [0.25, 0.3) is 10.2 Å². The highest BCUT2D eigenvalue weighted by atomic mass is 35.5. The van der Waals surface area contributed by atoms with Crippen molar-refractivity contribution in [3.8, 4) is 6.07 Å². The fraction of sp³-hybridized carbons (Fsp3) is 0. The number of sulfonamides is 1. The molecule has 0 aliphatic carbocycles. The minimum atomic E-state index is -3.99. The summed E-state index contributed by atoms with van der Waals surface area (Å²) in [5.74, 6) is 0. The molecule has 0 spiro atoms.